The lowest BCUT2D eigenvalue weighted by molar-refractivity contribution is -0.137. The summed E-state index contributed by atoms with van der Waals surface area (Å²) in [5.74, 6) is 0.465. The van der Waals surface area contributed by atoms with Crippen molar-refractivity contribution in [1.29, 1.82) is 0 Å². The number of hydrogen-bond donors (Lipinski definition) is 1. The Morgan fingerprint density at radius 2 is 1.69 bits per heavy atom. The highest BCUT2D eigenvalue weighted by Crippen LogP contribution is 2.37. The highest BCUT2D eigenvalue weighted by Gasteiger charge is 2.34. The van der Waals surface area contributed by atoms with Crippen LogP contribution in [0.3, 0.4) is 0 Å². The lowest BCUT2D eigenvalue weighted by atomic mass is 9.97. The van der Waals surface area contributed by atoms with Crippen LogP contribution in [0.1, 0.15) is 11.1 Å². The molecule has 0 spiro atoms. The minimum atomic E-state index is -4.48. The number of benzene rings is 3. The monoisotopic (exact) mass is 483 g/mol. The molecule has 32 heavy (non-hydrogen) atoms. The summed E-state index contributed by atoms with van der Waals surface area (Å²) in [7, 11) is 1.72. The first kappa shape index (κ1) is 24.4. The van der Waals surface area contributed by atoms with Gasteiger partial charge in [0.05, 0.1) is 15.6 Å². The lowest BCUT2D eigenvalue weighted by Crippen LogP contribution is -2.32. The molecule has 3 aromatic rings. The van der Waals surface area contributed by atoms with E-state index in [4.69, 9.17) is 27.9 Å². The van der Waals surface area contributed by atoms with Gasteiger partial charge in [0.1, 0.15) is 18.5 Å². The van der Waals surface area contributed by atoms with Crippen molar-refractivity contribution in [3.8, 4) is 16.9 Å². The lowest BCUT2D eigenvalue weighted by Gasteiger charge is -2.22. The van der Waals surface area contributed by atoms with Gasteiger partial charge < -0.3 is 9.84 Å². The van der Waals surface area contributed by atoms with Crippen LogP contribution in [0.15, 0.2) is 66.7 Å². The highest BCUT2D eigenvalue weighted by atomic mass is 35.5. The van der Waals surface area contributed by atoms with Gasteiger partial charge in [-0.15, -0.1) is 0 Å². The first-order valence-electron chi connectivity index (χ1n) is 9.83. The molecule has 3 rings (SSSR count). The molecule has 1 N–H and O–H groups in total. The summed E-state index contributed by atoms with van der Waals surface area (Å²) in [6, 6.07) is 17.6. The normalized spacial score (nSPS) is 12.8. The third kappa shape index (κ3) is 6.62. The first-order chi connectivity index (χ1) is 15.1. The van der Waals surface area contributed by atoms with E-state index in [2.05, 4.69) is 0 Å². The summed E-state index contributed by atoms with van der Waals surface area (Å²) >= 11 is 11.8. The molecule has 0 aromatic heterocycles. The first-order valence-corrected chi connectivity index (χ1v) is 10.6. The van der Waals surface area contributed by atoms with Gasteiger partial charge in [-0.1, -0.05) is 65.7 Å². The minimum absolute atomic E-state index is 0.00302. The SMILES string of the molecule is CN(Cc1ccc(-c2ccccc2)c(C(F)(F)F)c1)CC(O)COc1ccc(Cl)c(Cl)c1. The Labute approximate surface area is 195 Å². The second-order valence-corrected chi connectivity index (χ2v) is 8.30. The zero-order valence-corrected chi connectivity index (χ0v) is 18.8. The Kier molecular flexibility index (Phi) is 8.06. The van der Waals surface area contributed by atoms with Crippen molar-refractivity contribution in [3.63, 3.8) is 0 Å². The molecule has 3 aromatic carbocycles. The van der Waals surface area contributed by atoms with E-state index in [1.807, 2.05) is 0 Å². The summed E-state index contributed by atoms with van der Waals surface area (Å²) < 4.78 is 46.6. The van der Waals surface area contributed by atoms with Crippen LogP contribution in [-0.2, 0) is 12.7 Å². The molecule has 0 saturated heterocycles. The van der Waals surface area contributed by atoms with Crippen molar-refractivity contribution in [1.82, 2.24) is 4.90 Å². The summed E-state index contributed by atoms with van der Waals surface area (Å²) in [6.45, 7) is 0.453. The Hall–Kier alpha value is -2.25. The molecule has 0 aliphatic heterocycles. The van der Waals surface area contributed by atoms with Crippen LogP contribution in [-0.4, -0.2) is 36.3 Å². The maximum absolute atomic E-state index is 13.7. The van der Waals surface area contributed by atoms with Crippen molar-refractivity contribution >= 4 is 23.2 Å². The summed E-state index contributed by atoms with van der Waals surface area (Å²) in [5, 5.41) is 11.0. The second kappa shape index (κ2) is 10.6. The van der Waals surface area contributed by atoms with Crippen molar-refractivity contribution in [3.05, 3.63) is 87.9 Å². The minimum Gasteiger partial charge on any atom is -0.491 e. The molecule has 8 heteroatoms. The van der Waals surface area contributed by atoms with E-state index in [1.54, 1.807) is 66.5 Å². The quantitative estimate of drug-likeness (QED) is 0.394. The van der Waals surface area contributed by atoms with Crippen LogP contribution in [0.25, 0.3) is 11.1 Å². The van der Waals surface area contributed by atoms with Crippen LogP contribution < -0.4 is 4.74 Å². The molecule has 0 aliphatic rings. The third-order valence-corrected chi connectivity index (χ3v) is 5.52. The van der Waals surface area contributed by atoms with Crippen LogP contribution >= 0.6 is 23.2 Å². The smallest absolute Gasteiger partial charge is 0.417 e. The predicted molar refractivity (Wildman–Crippen MR) is 121 cm³/mol. The van der Waals surface area contributed by atoms with Gasteiger partial charge in [-0.3, -0.25) is 4.90 Å². The van der Waals surface area contributed by atoms with Crippen LogP contribution in [0.2, 0.25) is 10.0 Å². The number of alkyl halides is 3. The third-order valence-electron chi connectivity index (χ3n) is 4.78. The maximum atomic E-state index is 13.7. The van der Waals surface area contributed by atoms with E-state index in [-0.39, 0.29) is 25.3 Å². The molecule has 170 valence electrons. The van der Waals surface area contributed by atoms with Crippen molar-refractivity contribution < 1.29 is 23.0 Å². The second-order valence-electron chi connectivity index (χ2n) is 7.48. The predicted octanol–water partition coefficient (Wildman–Crippen LogP) is 6.55. The number of hydrogen-bond acceptors (Lipinski definition) is 3. The number of ether oxygens (including phenoxy) is 1. The molecule has 0 amide bonds. The molecule has 1 unspecified atom stereocenters. The van der Waals surface area contributed by atoms with Gasteiger partial charge in [-0.05, 0) is 41.9 Å². The fraction of sp³-hybridized carbons (Fsp3) is 0.250. The summed E-state index contributed by atoms with van der Waals surface area (Å²) in [5.41, 5.74) is 0.462. The van der Waals surface area contributed by atoms with E-state index < -0.39 is 17.8 Å². The zero-order chi connectivity index (χ0) is 23.3. The Balaban J connectivity index is 1.64. The molecule has 0 saturated carbocycles. The Morgan fingerprint density at radius 3 is 2.34 bits per heavy atom. The standard InChI is InChI=1S/C24H22Cl2F3NO2/c1-30(14-18(31)15-32-19-8-10-22(25)23(26)12-19)13-16-7-9-20(17-5-3-2-4-6-17)21(11-16)24(27,28)29/h2-12,18,31H,13-15H2,1H3. The van der Waals surface area contributed by atoms with E-state index >= 15 is 0 Å². The summed E-state index contributed by atoms with van der Waals surface area (Å²) in [4.78, 5) is 1.74. The van der Waals surface area contributed by atoms with Gasteiger partial charge in [0.2, 0.25) is 0 Å². The van der Waals surface area contributed by atoms with E-state index in [0.29, 0.717) is 26.9 Å². The molecule has 0 aliphatic carbocycles. The van der Waals surface area contributed by atoms with E-state index in [1.165, 1.54) is 6.07 Å². The average molecular weight is 484 g/mol. The van der Waals surface area contributed by atoms with Crippen LogP contribution in [0.4, 0.5) is 13.2 Å². The number of halogens is 5. The fourth-order valence-electron chi connectivity index (χ4n) is 3.34. The molecule has 1 atom stereocenters. The summed E-state index contributed by atoms with van der Waals surface area (Å²) in [6.07, 6.45) is -5.33. The average Bonchev–Trinajstić information content (AvgIpc) is 2.74. The number of likely N-dealkylation sites (N-methyl/N-ethyl adjacent to an activating group) is 1. The van der Waals surface area contributed by atoms with Crippen molar-refractivity contribution in [2.45, 2.75) is 18.8 Å². The van der Waals surface area contributed by atoms with Crippen molar-refractivity contribution in [2.24, 2.45) is 0 Å². The Morgan fingerprint density at radius 1 is 0.969 bits per heavy atom. The number of rotatable bonds is 8. The van der Waals surface area contributed by atoms with Crippen LogP contribution in [0.5, 0.6) is 5.75 Å². The molecule has 3 nitrogen and oxygen atoms in total. The van der Waals surface area contributed by atoms with E-state index in [9.17, 15) is 18.3 Å². The van der Waals surface area contributed by atoms with Gasteiger partial charge in [0.15, 0.2) is 0 Å². The number of aliphatic hydroxyl groups is 1. The Bertz CT molecular complexity index is 1050. The van der Waals surface area contributed by atoms with Crippen molar-refractivity contribution in [2.75, 3.05) is 20.2 Å². The van der Waals surface area contributed by atoms with Gasteiger partial charge >= 0.3 is 6.18 Å². The van der Waals surface area contributed by atoms with Gasteiger partial charge in [0.25, 0.3) is 0 Å². The van der Waals surface area contributed by atoms with Gasteiger partial charge in [0, 0.05) is 19.2 Å². The molecular weight excluding hydrogens is 462 g/mol. The largest absolute Gasteiger partial charge is 0.491 e. The molecule has 0 radical (unpaired) electrons. The maximum Gasteiger partial charge on any atom is 0.417 e. The number of aliphatic hydroxyl groups excluding tert-OH is 1. The molecular formula is C24H22Cl2F3NO2. The number of nitrogens with zero attached hydrogens (tertiary/aromatic N) is 1. The topological polar surface area (TPSA) is 32.7 Å². The molecule has 0 bridgehead atoms. The fourth-order valence-corrected chi connectivity index (χ4v) is 3.63. The van der Waals surface area contributed by atoms with Gasteiger partial charge in [-0.2, -0.15) is 13.2 Å². The molecule has 0 fully saturated rings. The highest BCUT2D eigenvalue weighted by molar-refractivity contribution is 6.42. The zero-order valence-electron chi connectivity index (χ0n) is 17.2. The van der Waals surface area contributed by atoms with Gasteiger partial charge in [-0.25, -0.2) is 0 Å². The van der Waals surface area contributed by atoms with Crippen LogP contribution in [0, 0.1) is 0 Å². The van der Waals surface area contributed by atoms with E-state index in [0.717, 1.165) is 6.07 Å². The molecule has 0 heterocycles.